The molecule has 0 fully saturated rings. The van der Waals surface area contributed by atoms with Crippen LogP contribution in [0.4, 0.5) is 16.2 Å². The van der Waals surface area contributed by atoms with E-state index in [1.54, 1.807) is 51.1 Å². The number of nitrogens with one attached hydrogen (secondary N) is 3. The molecule has 0 aliphatic heterocycles. The first-order chi connectivity index (χ1) is 12.4. The molecule has 0 heterocycles. The van der Waals surface area contributed by atoms with E-state index in [1.807, 2.05) is 20.8 Å². The molecule has 0 bridgehead atoms. The quantitative estimate of drug-likeness (QED) is 0.684. The highest BCUT2D eigenvalue weighted by atomic mass is 16.6. The molecule has 1 aromatic carbocycles. The molecular weight excluding hydrogens is 346 g/mol. The standard InChI is InChI=1S/C20H29N3O4/c1-19(2,3)12-11-16(24)22-14-9-7-8-10-15(14)23-17(25)13-21-18(26)27-20(4,5)6/h7-12H,13H2,1-6H3,(H,21,26)(H,22,24)(H,23,25)/b12-11+. The van der Waals surface area contributed by atoms with Gasteiger partial charge in [0.05, 0.1) is 11.4 Å². The summed E-state index contributed by atoms with van der Waals surface area (Å²) < 4.78 is 5.07. The Morgan fingerprint density at radius 2 is 1.52 bits per heavy atom. The van der Waals surface area contributed by atoms with Gasteiger partial charge in [-0.15, -0.1) is 0 Å². The first-order valence-corrected chi connectivity index (χ1v) is 8.72. The molecule has 27 heavy (non-hydrogen) atoms. The van der Waals surface area contributed by atoms with Crippen molar-refractivity contribution in [3.05, 3.63) is 36.4 Å². The third-order valence-electron chi connectivity index (χ3n) is 2.99. The van der Waals surface area contributed by atoms with Crippen LogP contribution in [-0.2, 0) is 14.3 Å². The van der Waals surface area contributed by atoms with E-state index < -0.39 is 17.6 Å². The third kappa shape index (κ3) is 10.0. The van der Waals surface area contributed by atoms with Gasteiger partial charge >= 0.3 is 6.09 Å². The van der Waals surface area contributed by atoms with Crippen molar-refractivity contribution < 1.29 is 19.1 Å². The molecule has 7 heteroatoms. The fraction of sp³-hybridized carbons (Fsp3) is 0.450. The lowest BCUT2D eigenvalue weighted by atomic mass is 9.96. The largest absolute Gasteiger partial charge is 0.444 e. The number of carbonyl (C=O) groups excluding carboxylic acids is 3. The third-order valence-corrected chi connectivity index (χ3v) is 2.99. The molecular formula is C20H29N3O4. The highest BCUT2D eigenvalue weighted by molar-refractivity contribution is 6.04. The Balaban J connectivity index is 2.66. The van der Waals surface area contributed by atoms with Crippen LogP contribution in [0.2, 0.25) is 0 Å². The lowest BCUT2D eigenvalue weighted by Crippen LogP contribution is -2.37. The lowest BCUT2D eigenvalue weighted by Gasteiger charge is -2.19. The van der Waals surface area contributed by atoms with Gasteiger partial charge in [-0.25, -0.2) is 4.79 Å². The van der Waals surface area contributed by atoms with Gasteiger partial charge in [0.25, 0.3) is 0 Å². The van der Waals surface area contributed by atoms with Gasteiger partial charge in [-0.2, -0.15) is 0 Å². The zero-order valence-corrected chi connectivity index (χ0v) is 16.8. The second-order valence-corrected chi connectivity index (χ2v) is 8.14. The predicted octanol–water partition coefficient (Wildman–Crippen LogP) is 3.69. The molecule has 0 radical (unpaired) electrons. The molecule has 1 aromatic rings. The number of anilines is 2. The molecule has 148 valence electrons. The van der Waals surface area contributed by atoms with Crippen LogP contribution in [0.5, 0.6) is 0 Å². The number of hydrogen-bond donors (Lipinski definition) is 3. The smallest absolute Gasteiger partial charge is 0.408 e. The number of allylic oxidation sites excluding steroid dienone is 1. The van der Waals surface area contributed by atoms with Crippen molar-refractivity contribution in [2.45, 2.75) is 47.1 Å². The number of amides is 3. The lowest BCUT2D eigenvalue weighted by molar-refractivity contribution is -0.115. The van der Waals surface area contributed by atoms with E-state index in [1.165, 1.54) is 6.08 Å². The molecule has 0 atom stereocenters. The fourth-order valence-corrected chi connectivity index (χ4v) is 1.86. The molecule has 0 saturated carbocycles. The minimum atomic E-state index is -0.674. The average Bonchev–Trinajstić information content (AvgIpc) is 2.51. The van der Waals surface area contributed by atoms with E-state index >= 15 is 0 Å². The van der Waals surface area contributed by atoms with E-state index in [-0.39, 0.29) is 17.9 Å². The van der Waals surface area contributed by atoms with Gasteiger partial charge in [0.2, 0.25) is 11.8 Å². The Kier molecular flexibility index (Phi) is 7.57. The zero-order chi connectivity index (χ0) is 20.7. The van der Waals surface area contributed by atoms with Crippen LogP contribution in [0.1, 0.15) is 41.5 Å². The number of hydrogen-bond acceptors (Lipinski definition) is 4. The summed E-state index contributed by atoms with van der Waals surface area (Å²) in [7, 11) is 0. The molecule has 0 spiro atoms. The van der Waals surface area contributed by atoms with Gasteiger partial charge in [-0.1, -0.05) is 39.0 Å². The summed E-state index contributed by atoms with van der Waals surface area (Å²) in [6.45, 7) is 10.9. The van der Waals surface area contributed by atoms with E-state index in [4.69, 9.17) is 4.74 Å². The molecule has 3 amide bonds. The van der Waals surface area contributed by atoms with Gasteiger partial charge in [-0.3, -0.25) is 9.59 Å². The maximum absolute atomic E-state index is 12.1. The number of para-hydroxylation sites is 2. The summed E-state index contributed by atoms with van der Waals surface area (Å²) in [5.74, 6) is -0.730. The normalized spacial score (nSPS) is 11.8. The monoisotopic (exact) mass is 375 g/mol. The summed E-state index contributed by atoms with van der Waals surface area (Å²) in [6, 6.07) is 6.82. The molecule has 0 saturated heterocycles. The highest BCUT2D eigenvalue weighted by Crippen LogP contribution is 2.21. The van der Waals surface area contributed by atoms with E-state index in [2.05, 4.69) is 16.0 Å². The maximum Gasteiger partial charge on any atom is 0.408 e. The first kappa shape index (κ1) is 22.2. The molecule has 0 aliphatic carbocycles. The molecule has 0 aliphatic rings. The van der Waals surface area contributed by atoms with Crippen LogP contribution in [0.25, 0.3) is 0 Å². The Labute approximate surface area is 160 Å². The van der Waals surface area contributed by atoms with Crippen LogP contribution >= 0.6 is 0 Å². The zero-order valence-electron chi connectivity index (χ0n) is 16.8. The van der Waals surface area contributed by atoms with Gasteiger partial charge in [0.15, 0.2) is 0 Å². The predicted molar refractivity (Wildman–Crippen MR) is 107 cm³/mol. The van der Waals surface area contributed by atoms with Crippen molar-refractivity contribution in [1.29, 1.82) is 0 Å². The fourth-order valence-electron chi connectivity index (χ4n) is 1.86. The van der Waals surface area contributed by atoms with Crippen molar-refractivity contribution in [1.82, 2.24) is 5.32 Å². The van der Waals surface area contributed by atoms with Gasteiger partial charge in [-0.05, 0) is 44.4 Å². The van der Waals surface area contributed by atoms with Crippen LogP contribution in [0, 0.1) is 5.41 Å². The number of rotatable bonds is 5. The first-order valence-electron chi connectivity index (χ1n) is 8.72. The highest BCUT2D eigenvalue weighted by Gasteiger charge is 2.17. The van der Waals surface area contributed by atoms with Crippen molar-refractivity contribution in [3.8, 4) is 0 Å². The second kappa shape index (κ2) is 9.21. The molecule has 1 rings (SSSR count). The number of benzene rings is 1. The topological polar surface area (TPSA) is 96.5 Å². The van der Waals surface area contributed by atoms with Crippen molar-refractivity contribution in [2.75, 3.05) is 17.2 Å². The Morgan fingerprint density at radius 3 is 2.04 bits per heavy atom. The molecule has 7 nitrogen and oxygen atoms in total. The van der Waals surface area contributed by atoms with Crippen LogP contribution in [0.15, 0.2) is 36.4 Å². The second-order valence-electron chi connectivity index (χ2n) is 8.14. The van der Waals surface area contributed by atoms with Crippen LogP contribution < -0.4 is 16.0 Å². The summed E-state index contributed by atoms with van der Waals surface area (Å²) in [4.78, 5) is 35.7. The number of carbonyl (C=O) groups is 3. The average molecular weight is 375 g/mol. The van der Waals surface area contributed by atoms with E-state index in [9.17, 15) is 14.4 Å². The summed E-state index contributed by atoms with van der Waals surface area (Å²) in [5.41, 5.74) is 0.147. The van der Waals surface area contributed by atoms with Crippen LogP contribution in [-0.4, -0.2) is 30.1 Å². The van der Waals surface area contributed by atoms with Gasteiger partial charge in [0.1, 0.15) is 12.1 Å². The number of ether oxygens (including phenoxy) is 1. The molecule has 3 N–H and O–H groups in total. The Bertz CT molecular complexity index is 713. The van der Waals surface area contributed by atoms with Crippen molar-refractivity contribution in [2.24, 2.45) is 5.41 Å². The summed E-state index contributed by atoms with van der Waals surface area (Å²) in [5, 5.41) is 7.77. The van der Waals surface area contributed by atoms with Gasteiger partial charge in [0, 0.05) is 0 Å². The number of alkyl carbamates (subject to hydrolysis) is 1. The summed E-state index contributed by atoms with van der Waals surface area (Å²) in [6.07, 6.45) is 2.59. The summed E-state index contributed by atoms with van der Waals surface area (Å²) >= 11 is 0. The van der Waals surface area contributed by atoms with Crippen molar-refractivity contribution in [3.63, 3.8) is 0 Å². The molecule has 0 aromatic heterocycles. The van der Waals surface area contributed by atoms with E-state index in [0.717, 1.165) is 0 Å². The Morgan fingerprint density at radius 1 is 0.963 bits per heavy atom. The van der Waals surface area contributed by atoms with Gasteiger partial charge < -0.3 is 20.7 Å². The SMILES string of the molecule is CC(C)(C)/C=C/C(=O)Nc1ccccc1NC(=O)CNC(=O)OC(C)(C)C. The molecule has 0 unspecified atom stereocenters. The Hall–Kier alpha value is -2.83. The van der Waals surface area contributed by atoms with Crippen LogP contribution in [0.3, 0.4) is 0 Å². The maximum atomic E-state index is 12.1. The minimum Gasteiger partial charge on any atom is -0.444 e. The van der Waals surface area contributed by atoms with Crippen molar-refractivity contribution >= 4 is 29.3 Å². The minimum absolute atomic E-state index is 0.113. The van der Waals surface area contributed by atoms with E-state index in [0.29, 0.717) is 11.4 Å².